The highest BCUT2D eigenvalue weighted by atomic mass is 19.4. The van der Waals surface area contributed by atoms with Gasteiger partial charge in [0.2, 0.25) is 0 Å². The fourth-order valence-electron chi connectivity index (χ4n) is 3.63. The highest BCUT2D eigenvalue weighted by Crippen LogP contribution is 2.32. The van der Waals surface area contributed by atoms with Gasteiger partial charge in [0, 0.05) is 17.9 Å². The number of aryl methyl sites for hydroxylation is 3. The number of nitriles is 1. The van der Waals surface area contributed by atoms with E-state index in [2.05, 4.69) is 11.1 Å². The third-order valence-corrected chi connectivity index (χ3v) is 5.56. The molecule has 0 saturated carbocycles. The van der Waals surface area contributed by atoms with Gasteiger partial charge in [0.15, 0.2) is 0 Å². The Hall–Kier alpha value is -3.46. The number of pyridine rings is 1. The van der Waals surface area contributed by atoms with E-state index in [1.54, 1.807) is 37.3 Å². The number of benzene rings is 2. The molecule has 0 aliphatic carbocycles. The summed E-state index contributed by atoms with van der Waals surface area (Å²) < 4.78 is 39.8. The molecule has 0 radical (unpaired) electrons. The molecule has 164 valence electrons. The van der Waals surface area contributed by atoms with E-state index in [4.69, 9.17) is 5.26 Å². The molecule has 0 aliphatic heterocycles. The largest absolute Gasteiger partial charge is 0.433 e. The Morgan fingerprint density at radius 1 is 1.09 bits per heavy atom. The second-order valence-electron chi connectivity index (χ2n) is 7.95. The summed E-state index contributed by atoms with van der Waals surface area (Å²) in [7, 11) is 0. The van der Waals surface area contributed by atoms with Crippen molar-refractivity contribution in [1.82, 2.24) is 4.98 Å². The summed E-state index contributed by atoms with van der Waals surface area (Å²) in [6.07, 6.45) is -4.09. The highest BCUT2D eigenvalue weighted by molar-refractivity contribution is 5.85. The number of carbonyl (C=O) groups excluding carboxylic acids is 1. The maximum absolute atomic E-state index is 13.3. The summed E-state index contributed by atoms with van der Waals surface area (Å²) >= 11 is 0. The van der Waals surface area contributed by atoms with E-state index in [1.165, 1.54) is 6.07 Å². The zero-order chi connectivity index (χ0) is 23.5. The van der Waals surface area contributed by atoms with Crippen molar-refractivity contribution in [3.63, 3.8) is 0 Å². The fourth-order valence-corrected chi connectivity index (χ4v) is 3.63. The number of hydrogen-bond acceptors (Lipinski definition) is 3. The maximum atomic E-state index is 13.3. The van der Waals surface area contributed by atoms with Gasteiger partial charge < -0.3 is 0 Å². The Balaban J connectivity index is 1.86. The summed E-state index contributed by atoms with van der Waals surface area (Å²) in [5.74, 6) is -0.407. The van der Waals surface area contributed by atoms with Crippen LogP contribution in [-0.2, 0) is 17.4 Å². The minimum Gasteiger partial charge on any atom is -0.299 e. The predicted octanol–water partition coefficient (Wildman–Crippen LogP) is 6.56. The molecule has 1 unspecified atom stereocenters. The van der Waals surface area contributed by atoms with Crippen molar-refractivity contribution < 1.29 is 18.0 Å². The molecule has 3 nitrogen and oxygen atoms in total. The van der Waals surface area contributed by atoms with Crippen LogP contribution < -0.4 is 0 Å². The SMILES string of the molecule is Cc1cccc(-c2nc(C(F)(F)F)ccc2CCC(=O)C(C)c2ccc(C#N)c(C)c2)c1. The van der Waals surface area contributed by atoms with Crippen molar-refractivity contribution >= 4 is 5.78 Å². The van der Waals surface area contributed by atoms with E-state index in [0.29, 0.717) is 16.7 Å². The number of aromatic nitrogens is 1. The average molecular weight is 436 g/mol. The number of halogens is 3. The Labute approximate surface area is 185 Å². The summed E-state index contributed by atoms with van der Waals surface area (Å²) in [4.78, 5) is 16.7. The molecular weight excluding hydrogens is 413 g/mol. The summed E-state index contributed by atoms with van der Waals surface area (Å²) in [5, 5.41) is 9.08. The summed E-state index contributed by atoms with van der Waals surface area (Å²) in [6, 6.07) is 16.9. The number of Topliss-reactive ketones (excluding diaryl/α,β-unsaturated/α-hetero) is 1. The lowest BCUT2D eigenvalue weighted by molar-refractivity contribution is -0.141. The molecule has 0 amide bonds. The molecule has 32 heavy (non-hydrogen) atoms. The van der Waals surface area contributed by atoms with Crippen LogP contribution in [0.3, 0.4) is 0 Å². The van der Waals surface area contributed by atoms with Gasteiger partial charge in [-0.15, -0.1) is 0 Å². The molecule has 0 saturated heterocycles. The first kappa shape index (κ1) is 23.2. The second-order valence-corrected chi connectivity index (χ2v) is 7.95. The van der Waals surface area contributed by atoms with E-state index in [-0.39, 0.29) is 30.2 Å². The number of nitrogens with zero attached hydrogens (tertiary/aromatic N) is 2. The van der Waals surface area contributed by atoms with Crippen molar-refractivity contribution in [3.8, 4) is 17.3 Å². The van der Waals surface area contributed by atoms with Crippen molar-refractivity contribution in [3.05, 3.63) is 88.1 Å². The van der Waals surface area contributed by atoms with E-state index in [0.717, 1.165) is 22.8 Å². The van der Waals surface area contributed by atoms with Crippen LogP contribution in [0, 0.1) is 25.2 Å². The molecule has 6 heteroatoms. The number of alkyl halides is 3. The van der Waals surface area contributed by atoms with Gasteiger partial charge in [-0.3, -0.25) is 4.79 Å². The Bertz CT molecular complexity index is 1190. The summed E-state index contributed by atoms with van der Waals surface area (Å²) in [6.45, 7) is 5.48. The molecule has 1 aromatic heterocycles. The van der Waals surface area contributed by atoms with Crippen LogP contribution in [0.1, 0.15) is 52.8 Å². The molecule has 0 bridgehead atoms. The van der Waals surface area contributed by atoms with Gasteiger partial charge in [0.1, 0.15) is 11.5 Å². The van der Waals surface area contributed by atoms with Crippen molar-refractivity contribution in [1.29, 1.82) is 5.26 Å². The first-order chi connectivity index (χ1) is 15.1. The zero-order valence-corrected chi connectivity index (χ0v) is 18.1. The number of rotatable bonds is 6. The molecule has 0 N–H and O–H groups in total. The van der Waals surface area contributed by atoms with Gasteiger partial charge >= 0.3 is 6.18 Å². The first-order valence-corrected chi connectivity index (χ1v) is 10.3. The smallest absolute Gasteiger partial charge is 0.299 e. The lowest BCUT2D eigenvalue weighted by Crippen LogP contribution is -2.12. The molecule has 1 heterocycles. The third kappa shape index (κ3) is 5.23. The van der Waals surface area contributed by atoms with Gasteiger partial charge in [-0.05, 0) is 55.2 Å². The molecule has 0 fully saturated rings. The van der Waals surface area contributed by atoms with Crippen LogP contribution in [0.2, 0.25) is 0 Å². The van der Waals surface area contributed by atoms with E-state index in [9.17, 15) is 18.0 Å². The standard InChI is InChI=1S/C26H23F3N2O/c1-16-5-4-6-21(13-16)25-19(10-12-24(31-25)26(27,28)29)9-11-23(32)18(3)20-7-8-22(15-30)17(2)14-20/h4-8,10,12-14,18H,9,11H2,1-3H3. The van der Waals surface area contributed by atoms with Crippen LogP contribution in [0.5, 0.6) is 0 Å². The van der Waals surface area contributed by atoms with Crippen LogP contribution in [0.15, 0.2) is 54.6 Å². The van der Waals surface area contributed by atoms with Crippen molar-refractivity contribution in [2.75, 3.05) is 0 Å². The third-order valence-electron chi connectivity index (χ3n) is 5.56. The van der Waals surface area contributed by atoms with Crippen LogP contribution >= 0.6 is 0 Å². The highest BCUT2D eigenvalue weighted by Gasteiger charge is 2.33. The Morgan fingerprint density at radius 2 is 1.84 bits per heavy atom. The fraction of sp³-hybridized carbons (Fsp3) is 0.269. The molecule has 3 rings (SSSR count). The van der Waals surface area contributed by atoms with E-state index < -0.39 is 11.9 Å². The van der Waals surface area contributed by atoms with E-state index >= 15 is 0 Å². The molecular formula is C26H23F3N2O. The van der Waals surface area contributed by atoms with Gasteiger partial charge in [-0.25, -0.2) is 4.98 Å². The first-order valence-electron chi connectivity index (χ1n) is 10.3. The molecule has 2 aromatic carbocycles. The lowest BCUT2D eigenvalue weighted by Gasteiger charge is -2.15. The number of carbonyl (C=O) groups is 1. The van der Waals surface area contributed by atoms with E-state index in [1.807, 2.05) is 26.0 Å². The van der Waals surface area contributed by atoms with Crippen LogP contribution in [-0.4, -0.2) is 10.8 Å². The normalized spacial score (nSPS) is 12.3. The average Bonchev–Trinajstić information content (AvgIpc) is 2.76. The number of hydrogen-bond donors (Lipinski definition) is 0. The second kappa shape index (κ2) is 9.35. The summed E-state index contributed by atoms with van der Waals surface area (Å²) in [5.41, 5.74) is 3.58. The lowest BCUT2D eigenvalue weighted by atomic mass is 9.90. The van der Waals surface area contributed by atoms with Crippen molar-refractivity contribution in [2.24, 2.45) is 0 Å². The van der Waals surface area contributed by atoms with Crippen LogP contribution in [0.25, 0.3) is 11.3 Å². The minimum atomic E-state index is -4.55. The molecule has 0 spiro atoms. The zero-order valence-electron chi connectivity index (χ0n) is 18.1. The van der Waals surface area contributed by atoms with Gasteiger partial charge in [0.25, 0.3) is 0 Å². The minimum absolute atomic E-state index is 0.0239. The molecule has 3 aromatic rings. The van der Waals surface area contributed by atoms with Crippen LogP contribution in [0.4, 0.5) is 13.2 Å². The topological polar surface area (TPSA) is 53.8 Å². The Kier molecular flexibility index (Phi) is 6.78. The predicted molar refractivity (Wildman–Crippen MR) is 117 cm³/mol. The number of ketones is 1. The molecule has 0 aliphatic rings. The maximum Gasteiger partial charge on any atom is 0.433 e. The van der Waals surface area contributed by atoms with Gasteiger partial charge in [0.05, 0.1) is 17.3 Å². The van der Waals surface area contributed by atoms with Gasteiger partial charge in [-0.1, -0.05) is 48.9 Å². The van der Waals surface area contributed by atoms with Crippen molar-refractivity contribution in [2.45, 2.75) is 45.7 Å². The Morgan fingerprint density at radius 3 is 2.47 bits per heavy atom. The monoisotopic (exact) mass is 436 g/mol. The van der Waals surface area contributed by atoms with Gasteiger partial charge in [-0.2, -0.15) is 18.4 Å². The molecule has 1 atom stereocenters. The quantitative estimate of drug-likeness (QED) is 0.440.